The maximum absolute atomic E-state index is 14.4. The third kappa shape index (κ3) is 4.63. The van der Waals surface area contributed by atoms with Crippen molar-refractivity contribution in [1.82, 2.24) is 14.8 Å². The quantitative estimate of drug-likeness (QED) is 0.693. The molecule has 0 radical (unpaired) electrons. The van der Waals surface area contributed by atoms with E-state index in [1.807, 2.05) is 0 Å². The smallest absolute Gasteiger partial charge is 0.264 e. The van der Waals surface area contributed by atoms with Crippen LogP contribution in [0.2, 0.25) is 0 Å². The van der Waals surface area contributed by atoms with Crippen LogP contribution in [0.25, 0.3) is 0 Å². The summed E-state index contributed by atoms with van der Waals surface area (Å²) in [6.45, 7) is 3.00. The molecule has 0 aliphatic heterocycles. The van der Waals surface area contributed by atoms with E-state index in [1.165, 1.54) is 17.3 Å². The monoisotopic (exact) mass is 389 g/mol. The maximum atomic E-state index is 14.4. The summed E-state index contributed by atoms with van der Waals surface area (Å²) in [7, 11) is -3.80. The molecular weight excluding hydrogens is 368 g/mol. The van der Waals surface area contributed by atoms with Gasteiger partial charge in [-0.25, -0.2) is 18.4 Å². The van der Waals surface area contributed by atoms with E-state index in [1.54, 1.807) is 13.8 Å². The normalized spacial score (nSPS) is 16.8. The van der Waals surface area contributed by atoms with Crippen LogP contribution < -0.4 is 0 Å². The van der Waals surface area contributed by atoms with Crippen LogP contribution in [0.5, 0.6) is 0 Å². The zero-order valence-corrected chi connectivity index (χ0v) is 15.4. The number of halogens is 2. The van der Waals surface area contributed by atoms with Gasteiger partial charge in [-0.05, 0) is 12.5 Å². The number of aromatic nitrogens is 3. The van der Waals surface area contributed by atoms with Gasteiger partial charge in [-0.3, -0.25) is 4.18 Å². The zero-order valence-electron chi connectivity index (χ0n) is 14.6. The molecule has 0 aliphatic rings. The van der Waals surface area contributed by atoms with Gasteiger partial charge in [-0.1, -0.05) is 19.9 Å². The first-order valence-corrected chi connectivity index (χ1v) is 9.77. The van der Waals surface area contributed by atoms with Crippen molar-refractivity contribution in [3.63, 3.8) is 0 Å². The molecule has 0 bridgehead atoms. The molecule has 2 aromatic rings. The second-order valence-corrected chi connectivity index (χ2v) is 7.78. The van der Waals surface area contributed by atoms with Crippen molar-refractivity contribution in [2.24, 2.45) is 5.92 Å². The van der Waals surface area contributed by atoms with Crippen molar-refractivity contribution in [3.05, 3.63) is 48.1 Å². The molecule has 0 aliphatic carbocycles. The topological polar surface area (TPSA) is 94.3 Å². The number of hydrogen-bond acceptors (Lipinski definition) is 6. The van der Waals surface area contributed by atoms with Crippen LogP contribution in [0, 0.1) is 17.6 Å². The van der Waals surface area contributed by atoms with Crippen molar-refractivity contribution in [3.8, 4) is 0 Å². The van der Waals surface area contributed by atoms with Crippen LogP contribution >= 0.6 is 0 Å². The van der Waals surface area contributed by atoms with Crippen LogP contribution in [-0.2, 0) is 26.4 Å². The van der Waals surface area contributed by atoms with Gasteiger partial charge in [-0.15, -0.1) is 0 Å². The highest BCUT2D eigenvalue weighted by Crippen LogP contribution is 2.37. The first kappa shape index (κ1) is 20.4. The zero-order chi connectivity index (χ0) is 19.5. The van der Waals surface area contributed by atoms with Crippen LogP contribution in [0.1, 0.15) is 25.8 Å². The first-order valence-electron chi connectivity index (χ1n) is 7.95. The van der Waals surface area contributed by atoms with E-state index in [-0.39, 0.29) is 18.5 Å². The molecular formula is C16H21F2N3O4S. The third-order valence-corrected chi connectivity index (χ3v) is 4.88. The second kappa shape index (κ2) is 7.77. The average molecular weight is 389 g/mol. The Bertz CT molecular complexity index is 845. The van der Waals surface area contributed by atoms with E-state index >= 15 is 0 Å². The fourth-order valence-electron chi connectivity index (χ4n) is 2.91. The summed E-state index contributed by atoms with van der Waals surface area (Å²) >= 11 is 0. The third-order valence-electron chi connectivity index (χ3n) is 4.28. The lowest BCUT2D eigenvalue weighted by atomic mass is 9.78. The summed E-state index contributed by atoms with van der Waals surface area (Å²) in [5.74, 6) is -2.61. The van der Waals surface area contributed by atoms with Crippen molar-refractivity contribution in [1.29, 1.82) is 0 Å². The van der Waals surface area contributed by atoms with E-state index in [0.717, 1.165) is 18.4 Å². The van der Waals surface area contributed by atoms with E-state index in [2.05, 4.69) is 10.1 Å². The molecule has 0 spiro atoms. The number of hydrogen-bond donors (Lipinski definition) is 1. The summed E-state index contributed by atoms with van der Waals surface area (Å²) < 4.78 is 57.2. The highest BCUT2D eigenvalue weighted by atomic mass is 32.2. The molecule has 0 fully saturated rings. The van der Waals surface area contributed by atoms with Gasteiger partial charge < -0.3 is 5.11 Å². The largest absolute Gasteiger partial charge is 0.383 e. The molecule has 1 aromatic heterocycles. The lowest BCUT2D eigenvalue weighted by molar-refractivity contribution is -0.0774. The van der Waals surface area contributed by atoms with E-state index in [4.69, 9.17) is 4.18 Å². The number of nitrogens with zero attached hydrogens (tertiary/aromatic N) is 3. The fraction of sp³-hybridized carbons (Fsp3) is 0.500. The number of benzene rings is 1. The molecule has 10 heteroatoms. The van der Waals surface area contributed by atoms with Crippen LogP contribution in [-0.4, -0.2) is 40.6 Å². The lowest BCUT2D eigenvalue weighted by Crippen LogP contribution is -2.45. The minimum atomic E-state index is -3.80. The SMILES string of the molecule is CCC(OS(C)(=O)=O)C(C)C(O)(Cn1cncn1)c1ccc(F)cc1F. The van der Waals surface area contributed by atoms with Crippen molar-refractivity contribution in [2.75, 3.05) is 6.26 Å². The Morgan fingerprint density at radius 3 is 2.58 bits per heavy atom. The standard InChI is InChI=1S/C16H21F2N3O4S/c1-4-15(25-26(3,23)24)11(2)16(22,8-21-10-19-9-20-21)13-6-5-12(17)7-14(13)18/h5-7,9-11,15,22H,4,8H2,1-3H3. The van der Waals surface area contributed by atoms with Gasteiger partial charge in [-0.2, -0.15) is 13.5 Å². The Morgan fingerprint density at radius 2 is 2.08 bits per heavy atom. The highest BCUT2D eigenvalue weighted by molar-refractivity contribution is 7.86. The highest BCUT2D eigenvalue weighted by Gasteiger charge is 2.43. The van der Waals surface area contributed by atoms with Crippen molar-refractivity contribution < 1.29 is 26.5 Å². The molecule has 26 heavy (non-hydrogen) atoms. The Balaban J connectivity index is 2.51. The predicted octanol–water partition coefficient (Wildman–Crippen LogP) is 1.83. The van der Waals surface area contributed by atoms with Crippen LogP contribution in [0.4, 0.5) is 8.78 Å². The second-order valence-electron chi connectivity index (χ2n) is 6.18. The van der Waals surface area contributed by atoms with Gasteiger partial charge >= 0.3 is 0 Å². The predicted molar refractivity (Wildman–Crippen MR) is 89.4 cm³/mol. The first-order chi connectivity index (χ1) is 12.1. The fourth-order valence-corrected chi connectivity index (χ4v) is 3.67. The average Bonchev–Trinajstić information content (AvgIpc) is 3.03. The Labute approximate surface area is 150 Å². The minimum Gasteiger partial charge on any atom is -0.383 e. The van der Waals surface area contributed by atoms with Crippen molar-refractivity contribution >= 4 is 10.1 Å². The van der Waals surface area contributed by atoms with Crippen molar-refractivity contribution in [2.45, 2.75) is 38.5 Å². The maximum Gasteiger partial charge on any atom is 0.264 e. The molecule has 2 rings (SSSR count). The summed E-state index contributed by atoms with van der Waals surface area (Å²) in [4.78, 5) is 3.78. The van der Waals surface area contributed by atoms with Gasteiger partial charge in [0.2, 0.25) is 0 Å². The lowest BCUT2D eigenvalue weighted by Gasteiger charge is -2.38. The summed E-state index contributed by atoms with van der Waals surface area (Å²) in [5.41, 5.74) is -2.10. The molecule has 144 valence electrons. The Hall–Kier alpha value is -1.91. The van der Waals surface area contributed by atoms with E-state index in [0.29, 0.717) is 6.07 Å². The molecule has 1 aromatic carbocycles. The molecule has 0 saturated heterocycles. The number of aliphatic hydroxyl groups is 1. The summed E-state index contributed by atoms with van der Waals surface area (Å²) in [5, 5.41) is 15.3. The van der Waals surface area contributed by atoms with Gasteiger partial charge in [0.15, 0.2) is 0 Å². The molecule has 3 unspecified atom stereocenters. The van der Waals surface area contributed by atoms with Gasteiger partial charge in [0.05, 0.1) is 18.9 Å². The van der Waals surface area contributed by atoms with E-state index in [9.17, 15) is 22.3 Å². The van der Waals surface area contributed by atoms with Crippen LogP contribution in [0.3, 0.4) is 0 Å². The Kier molecular flexibility index (Phi) is 6.09. The molecule has 0 amide bonds. The van der Waals surface area contributed by atoms with E-state index < -0.39 is 39.4 Å². The minimum absolute atomic E-state index is 0.183. The molecule has 3 atom stereocenters. The van der Waals surface area contributed by atoms with Gasteiger partial charge in [0.25, 0.3) is 10.1 Å². The van der Waals surface area contributed by atoms with Crippen LogP contribution in [0.15, 0.2) is 30.9 Å². The van der Waals surface area contributed by atoms with Gasteiger partial charge in [0.1, 0.15) is 29.9 Å². The molecule has 7 nitrogen and oxygen atoms in total. The number of rotatable bonds is 8. The summed E-state index contributed by atoms with van der Waals surface area (Å²) in [6, 6.07) is 2.81. The summed E-state index contributed by atoms with van der Waals surface area (Å²) in [6.07, 6.45) is 2.80. The molecule has 0 saturated carbocycles. The molecule has 1 heterocycles. The molecule has 1 N–H and O–H groups in total. The van der Waals surface area contributed by atoms with Gasteiger partial charge in [0, 0.05) is 17.5 Å². The Morgan fingerprint density at radius 1 is 1.38 bits per heavy atom.